The van der Waals surface area contributed by atoms with Gasteiger partial charge in [-0.05, 0) is 19.3 Å². The van der Waals surface area contributed by atoms with Crippen molar-refractivity contribution in [3.05, 3.63) is 0 Å². The highest BCUT2D eigenvalue weighted by molar-refractivity contribution is 4.91. The van der Waals surface area contributed by atoms with Gasteiger partial charge in [-0.25, -0.2) is 8.78 Å². The van der Waals surface area contributed by atoms with Gasteiger partial charge in [0.25, 0.3) is 5.92 Å². The molecule has 3 N–H and O–H groups in total. The zero-order valence-electron chi connectivity index (χ0n) is 5.61. The first-order valence-corrected chi connectivity index (χ1v) is 3.35. The number of halogens is 2. The molecule has 1 rings (SSSR count). The van der Waals surface area contributed by atoms with Crippen LogP contribution in [0.4, 0.5) is 8.78 Å². The Morgan fingerprint density at radius 1 is 1.20 bits per heavy atom. The molecule has 1 fully saturated rings. The van der Waals surface area contributed by atoms with Gasteiger partial charge in [0, 0.05) is 6.42 Å². The number of alkyl halides is 2. The summed E-state index contributed by atoms with van der Waals surface area (Å²) in [5, 5.41) is 8.93. The molecule has 10 heavy (non-hydrogen) atoms. The average Bonchev–Trinajstić information content (AvgIpc) is 1.77. The van der Waals surface area contributed by atoms with Crippen molar-refractivity contribution in [3.8, 4) is 0 Å². The van der Waals surface area contributed by atoms with Gasteiger partial charge in [-0.1, -0.05) is 0 Å². The Morgan fingerprint density at radius 3 is 2.00 bits per heavy atom. The molecule has 0 amide bonds. The topological polar surface area (TPSA) is 46.2 Å². The highest BCUT2D eigenvalue weighted by atomic mass is 19.3. The predicted octanol–water partition coefficient (Wildman–Crippen LogP) is 0.843. The van der Waals surface area contributed by atoms with Crippen LogP contribution in [0.2, 0.25) is 0 Å². The van der Waals surface area contributed by atoms with E-state index in [1.54, 1.807) is 0 Å². The molecule has 1 unspecified atom stereocenters. The Labute approximate surface area is 58.0 Å². The molecular weight excluding hydrogens is 140 g/mol. The molecule has 0 spiro atoms. The van der Waals surface area contributed by atoms with Crippen LogP contribution in [-0.4, -0.2) is 16.8 Å². The summed E-state index contributed by atoms with van der Waals surface area (Å²) < 4.78 is 25.2. The molecular formula is C6H11F2NO. The van der Waals surface area contributed by atoms with Crippen LogP contribution in [-0.2, 0) is 0 Å². The van der Waals surface area contributed by atoms with E-state index in [2.05, 4.69) is 0 Å². The fraction of sp³-hybridized carbons (Fsp3) is 1.00. The molecule has 0 aromatic heterocycles. The Morgan fingerprint density at radius 2 is 1.70 bits per heavy atom. The van der Waals surface area contributed by atoms with Gasteiger partial charge < -0.3 is 5.11 Å². The van der Waals surface area contributed by atoms with E-state index in [1.165, 1.54) is 0 Å². The van der Waals surface area contributed by atoms with Gasteiger partial charge in [-0.2, -0.15) is 0 Å². The van der Waals surface area contributed by atoms with E-state index < -0.39 is 11.6 Å². The van der Waals surface area contributed by atoms with E-state index in [1.807, 2.05) is 0 Å². The minimum atomic E-state index is -3.09. The van der Waals surface area contributed by atoms with Crippen LogP contribution in [0.25, 0.3) is 0 Å². The van der Waals surface area contributed by atoms with E-state index in [9.17, 15) is 8.78 Å². The largest absolute Gasteiger partial charge is 0.370 e. The van der Waals surface area contributed by atoms with Crippen LogP contribution in [0.5, 0.6) is 0 Å². The first-order chi connectivity index (χ1) is 4.46. The third kappa shape index (κ3) is 1.13. The van der Waals surface area contributed by atoms with Crippen LogP contribution in [0.15, 0.2) is 0 Å². The maximum Gasteiger partial charge on any atom is 0.289 e. The number of hydrogen-bond acceptors (Lipinski definition) is 2. The second kappa shape index (κ2) is 2.13. The monoisotopic (exact) mass is 151 g/mol. The molecule has 2 nitrogen and oxygen atoms in total. The molecule has 1 aliphatic carbocycles. The fourth-order valence-corrected chi connectivity index (χ4v) is 1.14. The molecule has 4 heteroatoms. The van der Waals surface area contributed by atoms with Gasteiger partial charge in [0.2, 0.25) is 0 Å². The maximum atomic E-state index is 12.6. The summed E-state index contributed by atoms with van der Waals surface area (Å²) in [6, 6.07) is 0. The summed E-state index contributed by atoms with van der Waals surface area (Å²) in [6.45, 7) is 0. The summed E-state index contributed by atoms with van der Waals surface area (Å²) in [5.74, 6) is -3.09. The fourth-order valence-electron chi connectivity index (χ4n) is 1.14. The molecule has 60 valence electrons. The van der Waals surface area contributed by atoms with E-state index >= 15 is 0 Å². The van der Waals surface area contributed by atoms with Gasteiger partial charge >= 0.3 is 0 Å². The van der Waals surface area contributed by atoms with Gasteiger partial charge in [-0.15, -0.1) is 0 Å². The third-order valence-corrected chi connectivity index (χ3v) is 1.93. The number of rotatable bonds is 0. The molecule has 1 saturated carbocycles. The van der Waals surface area contributed by atoms with Gasteiger partial charge in [0.15, 0.2) is 5.72 Å². The third-order valence-electron chi connectivity index (χ3n) is 1.93. The minimum Gasteiger partial charge on any atom is -0.370 e. The molecule has 0 aromatic rings. The van der Waals surface area contributed by atoms with Crippen molar-refractivity contribution in [2.24, 2.45) is 5.73 Å². The van der Waals surface area contributed by atoms with E-state index in [0.717, 1.165) is 0 Å². The average molecular weight is 151 g/mol. The Hall–Kier alpha value is -0.220. The second-order valence-corrected chi connectivity index (χ2v) is 2.84. The Kier molecular flexibility index (Phi) is 1.68. The van der Waals surface area contributed by atoms with Gasteiger partial charge in [0.1, 0.15) is 0 Å². The molecule has 1 atom stereocenters. The summed E-state index contributed by atoms with van der Waals surface area (Å²) in [5.41, 5.74) is 2.70. The highest BCUT2D eigenvalue weighted by Crippen LogP contribution is 2.37. The molecule has 0 aliphatic heterocycles. The SMILES string of the molecule is NC1(O)CCCCC1(F)F. The lowest BCUT2D eigenvalue weighted by Gasteiger charge is -2.35. The minimum absolute atomic E-state index is 0. The van der Waals surface area contributed by atoms with Crippen LogP contribution in [0.1, 0.15) is 25.7 Å². The molecule has 0 aromatic carbocycles. The summed E-state index contributed by atoms with van der Waals surface area (Å²) >= 11 is 0. The Bertz CT molecular complexity index is 120. The smallest absolute Gasteiger partial charge is 0.289 e. The standard InChI is InChI=1S/C6H11F2NO/c7-5(8)3-1-2-4-6(5,9)10/h10H,1-4,9H2. The van der Waals surface area contributed by atoms with Crippen molar-refractivity contribution in [3.63, 3.8) is 0 Å². The van der Waals surface area contributed by atoms with Crippen LogP contribution in [0.3, 0.4) is 0 Å². The normalized spacial score (nSPS) is 39.6. The molecule has 0 saturated heterocycles. The van der Waals surface area contributed by atoms with E-state index in [0.29, 0.717) is 12.8 Å². The summed E-state index contributed by atoms with van der Waals surface area (Å²) in [6.07, 6.45) is 0.745. The molecule has 0 radical (unpaired) electrons. The maximum absolute atomic E-state index is 12.6. The van der Waals surface area contributed by atoms with Crippen molar-refractivity contribution in [1.82, 2.24) is 0 Å². The van der Waals surface area contributed by atoms with Crippen molar-refractivity contribution in [2.75, 3.05) is 0 Å². The lowest BCUT2D eigenvalue weighted by Crippen LogP contribution is -2.57. The highest BCUT2D eigenvalue weighted by Gasteiger charge is 2.50. The summed E-state index contributed by atoms with van der Waals surface area (Å²) in [7, 11) is 0. The van der Waals surface area contributed by atoms with Crippen molar-refractivity contribution < 1.29 is 13.9 Å². The van der Waals surface area contributed by atoms with Crippen LogP contribution in [0, 0.1) is 0 Å². The lowest BCUT2D eigenvalue weighted by molar-refractivity contribution is -0.199. The van der Waals surface area contributed by atoms with Crippen molar-refractivity contribution in [1.29, 1.82) is 0 Å². The van der Waals surface area contributed by atoms with E-state index in [-0.39, 0.29) is 12.8 Å². The number of aliphatic hydroxyl groups is 1. The zero-order valence-corrected chi connectivity index (χ0v) is 5.61. The number of nitrogens with two attached hydrogens (primary N) is 1. The summed E-state index contributed by atoms with van der Waals surface area (Å²) in [4.78, 5) is 0. The van der Waals surface area contributed by atoms with Gasteiger partial charge in [-0.3, -0.25) is 5.73 Å². The first-order valence-electron chi connectivity index (χ1n) is 3.35. The zero-order chi connectivity index (χ0) is 7.83. The van der Waals surface area contributed by atoms with Crippen molar-refractivity contribution in [2.45, 2.75) is 37.3 Å². The van der Waals surface area contributed by atoms with E-state index in [4.69, 9.17) is 10.8 Å². The quantitative estimate of drug-likeness (QED) is 0.504. The first kappa shape index (κ1) is 7.88. The molecule has 1 aliphatic rings. The lowest BCUT2D eigenvalue weighted by atomic mass is 9.89. The molecule has 0 bridgehead atoms. The van der Waals surface area contributed by atoms with Gasteiger partial charge in [0.05, 0.1) is 0 Å². The predicted molar refractivity (Wildman–Crippen MR) is 32.6 cm³/mol. The van der Waals surface area contributed by atoms with Crippen molar-refractivity contribution >= 4 is 0 Å². The Balaban J connectivity index is 2.70. The molecule has 0 heterocycles. The van der Waals surface area contributed by atoms with Crippen LogP contribution < -0.4 is 5.73 Å². The number of hydrogen-bond donors (Lipinski definition) is 2. The second-order valence-electron chi connectivity index (χ2n) is 2.84. The van der Waals surface area contributed by atoms with Crippen LogP contribution >= 0.6 is 0 Å².